The smallest absolute Gasteiger partial charge is 0.258 e. The van der Waals surface area contributed by atoms with Crippen LogP contribution in [0, 0.1) is 0 Å². The lowest BCUT2D eigenvalue weighted by atomic mass is 10.1. The van der Waals surface area contributed by atoms with Gasteiger partial charge in [0.1, 0.15) is 18.0 Å². The van der Waals surface area contributed by atoms with Gasteiger partial charge in [-0.1, -0.05) is 18.7 Å². The summed E-state index contributed by atoms with van der Waals surface area (Å²) >= 11 is 0. The van der Waals surface area contributed by atoms with E-state index in [1.165, 1.54) is 18.2 Å². The molecule has 0 saturated carbocycles. The Bertz CT molecular complexity index is 529. The molecule has 0 bridgehead atoms. The van der Waals surface area contributed by atoms with Gasteiger partial charge in [0.15, 0.2) is 6.23 Å². The van der Waals surface area contributed by atoms with Gasteiger partial charge in [0.05, 0.1) is 11.7 Å². The largest absolute Gasteiger partial charge is 0.400 e. The summed E-state index contributed by atoms with van der Waals surface area (Å²) in [5, 5.41) is 29.0. The number of amides is 1. The van der Waals surface area contributed by atoms with Gasteiger partial charge in [0, 0.05) is 21.2 Å². The van der Waals surface area contributed by atoms with Crippen LogP contribution in [0.2, 0.25) is 0 Å². The standard InChI is InChI=1S/C14H21N3O4.CH4O/c1-8-11(18)12(19)14(21-8)17-7-10(5-4-6-15-3)13(20)16-9(17)2;1-2/h4-5,7-8,11-12,14-15,18-19H,2,6H2,1,3H3,(H,16,20);2H,1H3/b5-4+;/t8-,11+,12?,14-;/m1./s1/i1D;2T. The number of nitrogens with one attached hydrogen (secondary N) is 2. The lowest BCUT2D eigenvalue weighted by Crippen LogP contribution is -2.47. The molecular formula is C15H25N3O5. The Kier molecular flexibility index (Phi) is 6.18. The fourth-order valence-electron chi connectivity index (χ4n) is 2.16. The van der Waals surface area contributed by atoms with Crippen LogP contribution in [0.4, 0.5) is 0 Å². The molecule has 1 amide bonds. The molecule has 1 fully saturated rings. The third-order valence-electron chi connectivity index (χ3n) is 3.34. The fraction of sp³-hybridized carbons (Fsp3) is 0.533. The maximum atomic E-state index is 11.9. The highest BCUT2D eigenvalue weighted by molar-refractivity contribution is 5.98. The molecule has 5 N–H and O–H groups in total. The van der Waals surface area contributed by atoms with Crippen LogP contribution in [0.1, 0.15) is 8.27 Å². The molecule has 0 radical (unpaired) electrons. The number of hydrogen-bond donors (Lipinski definition) is 5. The van der Waals surface area contributed by atoms with Crippen molar-refractivity contribution in [3.8, 4) is 0 Å². The van der Waals surface area contributed by atoms with E-state index < -0.39 is 24.5 Å². The number of aliphatic hydroxyl groups is 3. The molecule has 0 spiro atoms. The summed E-state index contributed by atoms with van der Waals surface area (Å²) < 4.78 is 18.5. The van der Waals surface area contributed by atoms with Crippen molar-refractivity contribution in [1.82, 2.24) is 15.5 Å². The zero-order valence-corrected chi connectivity index (χ0v) is 13.2. The van der Waals surface area contributed by atoms with Crippen LogP contribution in [0.15, 0.2) is 36.3 Å². The highest BCUT2D eigenvalue weighted by atomic mass is 16.6. The second kappa shape index (κ2) is 8.80. The van der Waals surface area contributed by atoms with Crippen molar-refractivity contribution in [2.24, 2.45) is 0 Å². The topological polar surface area (TPSA) is 114 Å². The Morgan fingerprint density at radius 1 is 1.65 bits per heavy atom. The Balaban J connectivity index is 0.000000970. The summed E-state index contributed by atoms with van der Waals surface area (Å²) in [4.78, 5) is 13.4. The average Bonchev–Trinajstić information content (AvgIpc) is 2.86. The van der Waals surface area contributed by atoms with E-state index in [0.29, 0.717) is 12.1 Å². The Morgan fingerprint density at radius 2 is 2.35 bits per heavy atom. The second-order valence-electron chi connectivity index (χ2n) is 4.90. The lowest BCUT2D eigenvalue weighted by molar-refractivity contribution is -0.119. The zero-order chi connectivity index (χ0) is 19.0. The minimum absolute atomic E-state index is 0.167. The van der Waals surface area contributed by atoms with Gasteiger partial charge in [-0.2, -0.15) is 0 Å². The van der Waals surface area contributed by atoms with E-state index in [0.717, 1.165) is 0 Å². The molecule has 2 aliphatic rings. The Hall–Kier alpha value is -1.71. The molecule has 2 aliphatic heterocycles. The van der Waals surface area contributed by atoms with Crippen LogP contribution in [0.5, 0.6) is 0 Å². The predicted octanol–water partition coefficient (Wildman–Crippen LogP) is -1.38. The molecular weight excluding hydrogens is 302 g/mol. The van der Waals surface area contributed by atoms with Crippen molar-refractivity contribution in [1.29, 1.82) is 1.43 Å². The number of carbonyl (C=O) groups is 1. The number of nitrogens with zero attached hydrogens (tertiary/aromatic N) is 1. The van der Waals surface area contributed by atoms with Crippen molar-refractivity contribution >= 4 is 5.91 Å². The van der Waals surface area contributed by atoms with Gasteiger partial charge in [-0.05, 0) is 13.9 Å². The summed E-state index contributed by atoms with van der Waals surface area (Å²) in [6.45, 7) is 4.16. The van der Waals surface area contributed by atoms with Crippen molar-refractivity contribution in [3.63, 3.8) is 0 Å². The van der Waals surface area contributed by atoms with Gasteiger partial charge < -0.3 is 35.6 Å². The number of rotatable bonds is 4. The van der Waals surface area contributed by atoms with E-state index in [-0.39, 0.29) is 18.6 Å². The average molecular weight is 330 g/mol. The summed E-state index contributed by atoms with van der Waals surface area (Å²) in [5.41, 5.74) is 0.377. The Morgan fingerprint density at radius 3 is 2.91 bits per heavy atom. The summed E-state index contributed by atoms with van der Waals surface area (Å²) in [5.74, 6) is -0.0590. The Labute approximate surface area is 138 Å². The van der Waals surface area contributed by atoms with Crippen molar-refractivity contribution in [2.45, 2.75) is 31.4 Å². The minimum atomic E-state index is -1.19. The summed E-state index contributed by atoms with van der Waals surface area (Å²) in [6, 6.07) is 0. The van der Waals surface area contributed by atoms with Gasteiger partial charge in [-0.3, -0.25) is 4.79 Å². The van der Waals surface area contributed by atoms with Crippen LogP contribution < -0.4 is 10.6 Å². The van der Waals surface area contributed by atoms with Gasteiger partial charge in [-0.15, -0.1) is 0 Å². The number of likely N-dealkylation sites (N-methyl/N-ethyl adjacent to an activating group) is 1. The van der Waals surface area contributed by atoms with Gasteiger partial charge in [-0.25, -0.2) is 0 Å². The first kappa shape index (κ1) is 16.2. The quantitative estimate of drug-likeness (QED) is 0.432. The number of ether oxygens (including phenoxy) is 1. The maximum absolute atomic E-state index is 11.9. The molecule has 8 heteroatoms. The first-order valence-corrected chi connectivity index (χ1v) is 7.02. The van der Waals surface area contributed by atoms with Crippen molar-refractivity contribution < 1.29 is 26.2 Å². The normalized spacial score (nSPS) is 32.0. The molecule has 2 heterocycles. The molecule has 1 saturated heterocycles. The van der Waals surface area contributed by atoms with E-state index in [9.17, 15) is 15.0 Å². The monoisotopic (exact) mass is 330 g/mol. The van der Waals surface area contributed by atoms with E-state index in [1.807, 2.05) is 0 Å². The number of carbonyl (C=O) groups excluding carboxylic acids is 1. The molecule has 1 unspecified atom stereocenters. The van der Waals surface area contributed by atoms with Crippen molar-refractivity contribution in [3.05, 3.63) is 36.3 Å². The van der Waals surface area contributed by atoms with Crippen LogP contribution in [0.25, 0.3) is 0 Å². The minimum Gasteiger partial charge on any atom is -0.400 e. The van der Waals surface area contributed by atoms with Crippen molar-refractivity contribution in [2.75, 3.05) is 20.7 Å². The summed E-state index contributed by atoms with van der Waals surface area (Å²) in [7, 11) is 3.08. The molecule has 130 valence electrons. The summed E-state index contributed by atoms with van der Waals surface area (Å²) in [6.07, 6.45) is 0.926. The highest BCUT2D eigenvalue weighted by Gasteiger charge is 2.44. The first-order chi connectivity index (χ1) is 11.9. The van der Waals surface area contributed by atoms with Gasteiger partial charge in [0.2, 0.25) is 1.43 Å². The van der Waals surface area contributed by atoms with Gasteiger partial charge >= 0.3 is 0 Å². The van der Waals surface area contributed by atoms with Crippen LogP contribution >= 0.6 is 0 Å². The van der Waals surface area contributed by atoms with E-state index in [4.69, 9.17) is 7.54 Å². The molecule has 0 aromatic carbocycles. The van der Waals surface area contributed by atoms with E-state index >= 15 is 0 Å². The SMILES string of the molecule is [2H]C[C@H]1O[C@@H](N2C=C(/C=C/CNC)C(=O)NC2=C)C(O)[C@H]1O.[3H]OC. The predicted molar refractivity (Wildman–Crippen MR) is 84.8 cm³/mol. The maximum Gasteiger partial charge on any atom is 0.258 e. The lowest BCUT2D eigenvalue weighted by Gasteiger charge is -2.34. The number of aliphatic hydroxyl groups excluding tert-OH is 3. The highest BCUT2D eigenvalue weighted by Crippen LogP contribution is 2.27. The zero-order valence-electron chi connectivity index (χ0n) is 15.2. The first-order valence-electron chi connectivity index (χ1n) is 8.14. The third-order valence-corrected chi connectivity index (χ3v) is 3.34. The fourth-order valence-corrected chi connectivity index (χ4v) is 2.16. The molecule has 2 rings (SSSR count). The van der Waals surface area contributed by atoms with E-state index in [2.05, 4.69) is 22.3 Å². The van der Waals surface area contributed by atoms with Gasteiger partial charge in [0.25, 0.3) is 5.91 Å². The molecule has 0 aliphatic carbocycles. The molecule has 23 heavy (non-hydrogen) atoms. The molecule has 0 aromatic heterocycles. The van der Waals surface area contributed by atoms with Crippen LogP contribution in [-0.2, 0) is 9.53 Å². The molecule has 8 nitrogen and oxygen atoms in total. The number of hydrogen-bond acceptors (Lipinski definition) is 7. The molecule has 0 aromatic rings. The molecule has 4 atom stereocenters. The third kappa shape index (κ3) is 4.40. The van der Waals surface area contributed by atoms with Crippen LogP contribution in [-0.4, -0.2) is 72.8 Å². The van der Waals surface area contributed by atoms with Crippen LogP contribution in [0.3, 0.4) is 0 Å². The van der Waals surface area contributed by atoms with E-state index in [1.54, 1.807) is 19.2 Å². The second-order valence-corrected chi connectivity index (χ2v) is 4.90.